The Kier molecular flexibility index (Phi) is 3.22. The molecule has 0 fully saturated rings. The van der Waals surface area contributed by atoms with Crippen molar-refractivity contribution in [2.45, 2.75) is 26.2 Å². The van der Waals surface area contributed by atoms with Gasteiger partial charge in [0.15, 0.2) is 0 Å². The maximum atomic E-state index is 9.02. The fraction of sp³-hybridized carbons (Fsp3) is 0.267. The van der Waals surface area contributed by atoms with Crippen LogP contribution < -0.4 is 0 Å². The predicted molar refractivity (Wildman–Crippen MR) is 65.9 cm³/mol. The van der Waals surface area contributed by atoms with Crippen LogP contribution in [0.25, 0.3) is 0 Å². The van der Waals surface area contributed by atoms with Gasteiger partial charge in [-0.3, -0.25) is 0 Å². The Bertz CT molecular complexity index is 469. The lowest BCUT2D eigenvalue weighted by atomic mass is 9.93. The summed E-state index contributed by atoms with van der Waals surface area (Å²) in [5, 5.41) is 9.02. The fourth-order valence-corrected chi connectivity index (χ4v) is 1.94. The molecule has 1 aromatic carbocycles. The van der Waals surface area contributed by atoms with Gasteiger partial charge in [-0.05, 0) is 37.3 Å². The number of nitriles is 1. The summed E-state index contributed by atoms with van der Waals surface area (Å²) in [5.41, 5.74) is 4.58. The zero-order chi connectivity index (χ0) is 11.4. The molecule has 0 aliphatic heterocycles. The van der Waals surface area contributed by atoms with E-state index in [4.69, 9.17) is 5.26 Å². The van der Waals surface area contributed by atoms with Crippen LogP contribution in [0.3, 0.4) is 0 Å². The zero-order valence-electron chi connectivity index (χ0n) is 9.53. The highest BCUT2D eigenvalue weighted by Gasteiger charge is 2.08. The molecule has 0 unspecified atom stereocenters. The molecule has 1 aliphatic carbocycles. The molecule has 0 N–H and O–H groups in total. The van der Waals surface area contributed by atoms with E-state index >= 15 is 0 Å². The normalized spacial score (nSPS) is 15.0. The average Bonchev–Trinajstić information content (AvgIpc) is 2.33. The van der Waals surface area contributed by atoms with Crippen molar-refractivity contribution in [3.05, 3.63) is 58.7 Å². The van der Waals surface area contributed by atoms with Crippen LogP contribution in [0, 0.1) is 18.3 Å². The van der Waals surface area contributed by atoms with Crippen molar-refractivity contribution in [3.63, 3.8) is 0 Å². The highest BCUT2D eigenvalue weighted by Crippen LogP contribution is 2.22. The van der Waals surface area contributed by atoms with Crippen molar-refractivity contribution in [2.75, 3.05) is 0 Å². The van der Waals surface area contributed by atoms with Gasteiger partial charge in [-0.15, -0.1) is 0 Å². The monoisotopic (exact) mass is 209 g/mol. The molecule has 0 saturated heterocycles. The van der Waals surface area contributed by atoms with Crippen molar-refractivity contribution >= 4 is 0 Å². The molecule has 0 heterocycles. The minimum absolute atomic E-state index is 0.854. The van der Waals surface area contributed by atoms with E-state index in [0.717, 1.165) is 24.8 Å². The second kappa shape index (κ2) is 4.81. The molecule has 2 rings (SSSR count). The predicted octanol–water partition coefficient (Wildman–Crippen LogP) is 3.71. The van der Waals surface area contributed by atoms with Gasteiger partial charge in [-0.1, -0.05) is 42.0 Å². The molecule has 80 valence electrons. The van der Waals surface area contributed by atoms with Gasteiger partial charge in [0, 0.05) is 0 Å². The summed E-state index contributed by atoms with van der Waals surface area (Å²) in [6.45, 7) is 2.09. The van der Waals surface area contributed by atoms with E-state index < -0.39 is 0 Å². The highest BCUT2D eigenvalue weighted by molar-refractivity contribution is 5.46. The summed E-state index contributed by atoms with van der Waals surface area (Å²) in [7, 11) is 0. The Balaban J connectivity index is 2.16. The molecule has 1 nitrogen and oxygen atoms in total. The molecule has 0 saturated carbocycles. The van der Waals surface area contributed by atoms with Crippen LogP contribution in [0.15, 0.2) is 47.6 Å². The van der Waals surface area contributed by atoms with Crippen molar-refractivity contribution < 1.29 is 0 Å². The topological polar surface area (TPSA) is 23.8 Å². The Labute approximate surface area is 96.7 Å². The maximum absolute atomic E-state index is 9.02. The highest BCUT2D eigenvalue weighted by atomic mass is 14.3. The first-order chi connectivity index (χ1) is 7.79. The van der Waals surface area contributed by atoms with Crippen molar-refractivity contribution in [2.24, 2.45) is 0 Å². The Morgan fingerprint density at radius 2 is 1.81 bits per heavy atom. The number of aryl methyl sites for hydroxylation is 1. The number of rotatable bonds is 2. The Morgan fingerprint density at radius 1 is 1.12 bits per heavy atom. The molecule has 0 atom stereocenters. The number of hydrogen-bond donors (Lipinski definition) is 0. The smallest absolute Gasteiger partial charge is 0.0991 e. The molecule has 0 amide bonds. The maximum Gasteiger partial charge on any atom is 0.0991 e. The van der Waals surface area contributed by atoms with Crippen LogP contribution in [-0.2, 0) is 6.42 Å². The quantitative estimate of drug-likeness (QED) is 0.728. The summed E-state index contributed by atoms with van der Waals surface area (Å²) in [4.78, 5) is 0. The summed E-state index contributed by atoms with van der Waals surface area (Å²) in [6.07, 6.45) is 7.17. The number of hydrogen-bond acceptors (Lipinski definition) is 1. The third kappa shape index (κ3) is 2.41. The minimum Gasteiger partial charge on any atom is -0.192 e. The number of allylic oxidation sites excluding steroid dienone is 4. The van der Waals surface area contributed by atoms with Crippen molar-refractivity contribution in [1.82, 2.24) is 0 Å². The molecule has 0 spiro atoms. The van der Waals surface area contributed by atoms with Gasteiger partial charge in [0.05, 0.1) is 11.6 Å². The number of nitrogens with zero attached hydrogens (tertiary/aromatic N) is 1. The van der Waals surface area contributed by atoms with E-state index in [1.54, 1.807) is 0 Å². The van der Waals surface area contributed by atoms with Crippen LogP contribution in [-0.4, -0.2) is 0 Å². The van der Waals surface area contributed by atoms with Crippen LogP contribution in [0.2, 0.25) is 0 Å². The van der Waals surface area contributed by atoms with Gasteiger partial charge < -0.3 is 0 Å². The molecule has 1 aliphatic rings. The minimum atomic E-state index is 0.854. The largest absolute Gasteiger partial charge is 0.192 e. The fourth-order valence-electron chi connectivity index (χ4n) is 1.94. The summed E-state index contributed by atoms with van der Waals surface area (Å²) >= 11 is 0. The van der Waals surface area contributed by atoms with E-state index in [1.165, 1.54) is 16.7 Å². The van der Waals surface area contributed by atoms with Crippen LogP contribution >= 0.6 is 0 Å². The first-order valence-corrected chi connectivity index (χ1v) is 5.65. The van der Waals surface area contributed by atoms with E-state index in [2.05, 4.69) is 43.3 Å². The van der Waals surface area contributed by atoms with Crippen LogP contribution in [0.1, 0.15) is 24.0 Å². The van der Waals surface area contributed by atoms with Crippen LogP contribution in [0.4, 0.5) is 0 Å². The van der Waals surface area contributed by atoms with Gasteiger partial charge >= 0.3 is 0 Å². The Hall–Kier alpha value is -1.81. The standard InChI is InChI=1S/C15H15N/c1-12-6-8-13(9-7-12)10-14-4-2-3-5-15(14)11-16/h4-9H,2-3,10H2,1H3. The van der Waals surface area contributed by atoms with E-state index in [1.807, 2.05) is 6.08 Å². The van der Waals surface area contributed by atoms with E-state index in [0.29, 0.717) is 0 Å². The average molecular weight is 209 g/mol. The molecular weight excluding hydrogens is 194 g/mol. The lowest BCUT2D eigenvalue weighted by Gasteiger charge is -2.11. The van der Waals surface area contributed by atoms with E-state index in [-0.39, 0.29) is 0 Å². The van der Waals surface area contributed by atoms with Gasteiger partial charge in [0.1, 0.15) is 0 Å². The van der Waals surface area contributed by atoms with Gasteiger partial charge in [0.2, 0.25) is 0 Å². The molecule has 1 heteroatoms. The molecule has 16 heavy (non-hydrogen) atoms. The van der Waals surface area contributed by atoms with Gasteiger partial charge in [0.25, 0.3) is 0 Å². The van der Waals surface area contributed by atoms with Gasteiger partial charge in [-0.2, -0.15) is 5.26 Å². The lowest BCUT2D eigenvalue weighted by Crippen LogP contribution is -1.97. The molecule has 1 aromatic rings. The molecule has 0 bridgehead atoms. The lowest BCUT2D eigenvalue weighted by molar-refractivity contribution is 0.977. The summed E-state index contributed by atoms with van der Waals surface area (Å²) in [5.74, 6) is 0. The molecule has 0 radical (unpaired) electrons. The first kappa shape index (κ1) is 10.7. The van der Waals surface area contributed by atoms with Crippen LogP contribution in [0.5, 0.6) is 0 Å². The SMILES string of the molecule is Cc1ccc(CC2=CCCC=C2C#N)cc1. The summed E-state index contributed by atoms with van der Waals surface area (Å²) < 4.78 is 0. The number of benzene rings is 1. The third-order valence-corrected chi connectivity index (χ3v) is 2.89. The molecular formula is C15H15N. The Morgan fingerprint density at radius 3 is 2.50 bits per heavy atom. The van der Waals surface area contributed by atoms with Crippen molar-refractivity contribution in [3.8, 4) is 6.07 Å². The van der Waals surface area contributed by atoms with Gasteiger partial charge in [-0.25, -0.2) is 0 Å². The second-order valence-corrected chi connectivity index (χ2v) is 4.20. The van der Waals surface area contributed by atoms with Crippen molar-refractivity contribution in [1.29, 1.82) is 5.26 Å². The van der Waals surface area contributed by atoms with E-state index in [9.17, 15) is 0 Å². The molecule has 0 aromatic heterocycles. The second-order valence-electron chi connectivity index (χ2n) is 4.20. The zero-order valence-corrected chi connectivity index (χ0v) is 9.53. The third-order valence-electron chi connectivity index (χ3n) is 2.89. The first-order valence-electron chi connectivity index (χ1n) is 5.65. The summed E-state index contributed by atoms with van der Waals surface area (Å²) in [6, 6.07) is 10.8.